The highest BCUT2D eigenvalue weighted by Crippen LogP contribution is 2.30. The van der Waals surface area contributed by atoms with Crippen molar-refractivity contribution in [2.24, 2.45) is 5.41 Å². The molecule has 1 unspecified atom stereocenters. The lowest BCUT2D eigenvalue weighted by atomic mass is 9.82. The summed E-state index contributed by atoms with van der Waals surface area (Å²) in [5, 5.41) is 9.38. The van der Waals surface area contributed by atoms with Crippen molar-refractivity contribution >= 4 is 15.9 Å². The van der Waals surface area contributed by atoms with Crippen molar-refractivity contribution in [1.29, 1.82) is 0 Å². The molecule has 2 heteroatoms. The molecular formula is C13H19BrO. The van der Waals surface area contributed by atoms with E-state index in [1.54, 1.807) is 6.07 Å². The Morgan fingerprint density at radius 2 is 2.07 bits per heavy atom. The number of hydrogen-bond donors (Lipinski definition) is 1. The van der Waals surface area contributed by atoms with Gasteiger partial charge in [0.05, 0.1) is 0 Å². The third kappa shape index (κ3) is 4.70. The minimum atomic E-state index is 0.261. The summed E-state index contributed by atoms with van der Waals surface area (Å²) in [5.41, 5.74) is 1.46. The molecule has 1 aromatic carbocycles. The number of alkyl halides is 1. The minimum Gasteiger partial charge on any atom is -0.508 e. The molecular weight excluding hydrogens is 252 g/mol. The van der Waals surface area contributed by atoms with Crippen LogP contribution >= 0.6 is 15.9 Å². The fourth-order valence-electron chi connectivity index (χ4n) is 2.05. The molecule has 0 saturated carbocycles. The van der Waals surface area contributed by atoms with Gasteiger partial charge in [-0.1, -0.05) is 48.8 Å². The predicted molar refractivity (Wildman–Crippen MR) is 68.6 cm³/mol. The van der Waals surface area contributed by atoms with Crippen LogP contribution in [0.15, 0.2) is 24.3 Å². The van der Waals surface area contributed by atoms with Gasteiger partial charge in [-0.3, -0.25) is 0 Å². The molecule has 84 valence electrons. The van der Waals surface area contributed by atoms with Crippen molar-refractivity contribution in [1.82, 2.24) is 0 Å². The van der Waals surface area contributed by atoms with E-state index in [9.17, 15) is 5.11 Å². The summed E-state index contributed by atoms with van der Waals surface area (Å²) in [6.07, 6.45) is 2.12. The van der Waals surface area contributed by atoms with Crippen molar-refractivity contribution in [3.05, 3.63) is 29.8 Å². The molecule has 0 aliphatic rings. The van der Waals surface area contributed by atoms with E-state index >= 15 is 0 Å². The van der Waals surface area contributed by atoms with Crippen LogP contribution in [0.25, 0.3) is 0 Å². The van der Waals surface area contributed by atoms with Crippen LogP contribution in [-0.4, -0.2) is 9.93 Å². The fraction of sp³-hybridized carbons (Fsp3) is 0.538. The van der Waals surface area contributed by atoms with Crippen molar-refractivity contribution in [2.45, 2.75) is 38.4 Å². The Kier molecular flexibility index (Phi) is 4.21. The summed E-state index contributed by atoms with van der Waals surface area (Å²) in [7, 11) is 0. The summed E-state index contributed by atoms with van der Waals surface area (Å²) in [6.45, 7) is 6.69. The Hall–Kier alpha value is -0.500. The van der Waals surface area contributed by atoms with Crippen molar-refractivity contribution in [3.8, 4) is 5.75 Å². The molecule has 1 aromatic rings. The topological polar surface area (TPSA) is 20.2 Å². The van der Waals surface area contributed by atoms with Crippen LogP contribution in [0, 0.1) is 5.41 Å². The first-order valence-corrected chi connectivity index (χ1v) is 6.23. The second kappa shape index (κ2) is 5.02. The standard InChI is InChI=1S/C13H19BrO/c1-10(14)8-13(2,3)9-11-5-4-6-12(15)7-11/h4-7,10,15H,8-9H2,1-3H3. The van der Waals surface area contributed by atoms with E-state index in [4.69, 9.17) is 0 Å². The van der Waals surface area contributed by atoms with Gasteiger partial charge in [0, 0.05) is 4.83 Å². The summed E-state index contributed by atoms with van der Waals surface area (Å²) < 4.78 is 0. The van der Waals surface area contributed by atoms with Crippen LogP contribution in [0.5, 0.6) is 5.75 Å². The minimum absolute atomic E-state index is 0.261. The number of phenols is 1. The lowest BCUT2D eigenvalue weighted by Crippen LogP contribution is -2.18. The number of rotatable bonds is 4. The smallest absolute Gasteiger partial charge is 0.115 e. The van der Waals surface area contributed by atoms with Crippen molar-refractivity contribution < 1.29 is 5.11 Å². The maximum absolute atomic E-state index is 9.38. The van der Waals surface area contributed by atoms with Crippen LogP contribution in [-0.2, 0) is 6.42 Å². The van der Waals surface area contributed by atoms with E-state index in [2.05, 4.69) is 42.8 Å². The van der Waals surface area contributed by atoms with Gasteiger partial charge >= 0.3 is 0 Å². The summed E-state index contributed by atoms with van der Waals surface area (Å²) in [6, 6.07) is 7.53. The van der Waals surface area contributed by atoms with Gasteiger partial charge in [-0.05, 0) is 36.0 Å². The number of benzene rings is 1. The average molecular weight is 271 g/mol. The maximum atomic E-state index is 9.38. The molecule has 0 spiro atoms. The molecule has 0 fully saturated rings. The largest absolute Gasteiger partial charge is 0.508 e. The van der Waals surface area contributed by atoms with E-state index in [0.717, 1.165) is 12.8 Å². The second-order valence-electron chi connectivity index (χ2n) is 5.00. The highest BCUT2D eigenvalue weighted by atomic mass is 79.9. The van der Waals surface area contributed by atoms with Crippen LogP contribution in [0.3, 0.4) is 0 Å². The van der Waals surface area contributed by atoms with Crippen molar-refractivity contribution in [3.63, 3.8) is 0 Å². The Labute approximate surface area is 101 Å². The molecule has 0 heterocycles. The molecule has 1 N–H and O–H groups in total. The zero-order valence-corrected chi connectivity index (χ0v) is 11.2. The zero-order valence-electron chi connectivity index (χ0n) is 9.63. The predicted octanol–water partition coefficient (Wildman–Crippen LogP) is 4.13. The van der Waals surface area contributed by atoms with Gasteiger partial charge in [0.15, 0.2) is 0 Å². The average Bonchev–Trinajstić information content (AvgIpc) is 1.99. The van der Waals surface area contributed by atoms with Crippen LogP contribution in [0.2, 0.25) is 0 Å². The Bertz CT molecular complexity index is 318. The van der Waals surface area contributed by atoms with E-state index in [1.807, 2.05) is 12.1 Å². The first kappa shape index (κ1) is 12.6. The van der Waals surface area contributed by atoms with Gasteiger partial charge in [-0.15, -0.1) is 0 Å². The highest BCUT2D eigenvalue weighted by Gasteiger charge is 2.20. The zero-order chi connectivity index (χ0) is 11.5. The number of aromatic hydroxyl groups is 1. The first-order valence-electron chi connectivity index (χ1n) is 5.31. The van der Waals surface area contributed by atoms with E-state index < -0.39 is 0 Å². The molecule has 0 bridgehead atoms. The van der Waals surface area contributed by atoms with Gasteiger partial charge in [0.1, 0.15) is 5.75 Å². The van der Waals surface area contributed by atoms with Crippen molar-refractivity contribution in [2.75, 3.05) is 0 Å². The van der Waals surface area contributed by atoms with Gasteiger partial charge < -0.3 is 5.11 Å². The van der Waals surface area contributed by atoms with Gasteiger partial charge in [-0.25, -0.2) is 0 Å². The normalized spacial score (nSPS) is 13.9. The second-order valence-corrected chi connectivity index (χ2v) is 6.56. The monoisotopic (exact) mass is 270 g/mol. The summed E-state index contributed by atoms with van der Waals surface area (Å²) >= 11 is 3.59. The molecule has 1 rings (SSSR count). The summed E-state index contributed by atoms with van der Waals surface area (Å²) in [4.78, 5) is 0.532. The van der Waals surface area contributed by atoms with Gasteiger partial charge in [0.25, 0.3) is 0 Å². The molecule has 0 amide bonds. The summed E-state index contributed by atoms with van der Waals surface area (Å²) in [5.74, 6) is 0.357. The Morgan fingerprint density at radius 3 is 2.60 bits per heavy atom. The molecule has 0 aliphatic carbocycles. The Morgan fingerprint density at radius 1 is 1.40 bits per heavy atom. The van der Waals surface area contributed by atoms with Gasteiger partial charge in [0.2, 0.25) is 0 Å². The molecule has 0 radical (unpaired) electrons. The van der Waals surface area contributed by atoms with Crippen LogP contribution in [0.4, 0.5) is 0 Å². The number of phenolic OH excluding ortho intramolecular Hbond substituents is 1. The third-order valence-corrected chi connectivity index (χ3v) is 2.75. The SMILES string of the molecule is CC(Br)CC(C)(C)Cc1cccc(O)c1. The molecule has 1 nitrogen and oxygen atoms in total. The van der Waals surface area contributed by atoms with E-state index in [1.165, 1.54) is 5.56 Å². The molecule has 15 heavy (non-hydrogen) atoms. The fourth-order valence-corrected chi connectivity index (χ4v) is 2.93. The molecule has 0 aliphatic heterocycles. The highest BCUT2D eigenvalue weighted by molar-refractivity contribution is 9.09. The van der Waals surface area contributed by atoms with Crippen LogP contribution in [0.1, 0.15) is 32.8 Å². The first-order chi connectivity index (χ1) is 6.89. The van der Waals surface area contributed by atoms with Gasteiger partial charge in [-0.2, -0.15) is 0 Å². The lowest BCUT2D eigenvalue weighted by molar-refractivity contribution is 0.334. The number of halogens is 1. The third-order valence-electron chi connectivity index (χ3n) is 2.43. The molecule has 0 aromatic heterocycles. The van der Waals surface area contributed by atoms with E-state index in [0.29, 0.717) is 10.6 Å². The lowest BCUT2D eigenvalue weighted by Gasteiger charge is -2.26. The quantitative estimate of drug-likeness (QED) is 0.816. The number of hydrogen-bond acceptors (Lipinski definition) is 1. The molecule has 1 atom stereocenters. The Balaban J connectivity index is 2.68. The van der Waals surface area contributed by atoms with Crippen LogP contribution < -0.4 is 0 Å². The maximum Gasteiger partial charge on any atom is 0.115 e. The molecule has 0 saturated heterocycles. The van der Waals surface area contributed by atoms with E-state index in [-0.39, 0.29) is 5.41 Å².